The SMILES string of the molecule is CCONC(=O)CC(C)=O. The van der Waals surface area contributed by atoms with Crippen LogP contribution in [0.5, 0.6) is 0 Å². The van der Waals surface area contributed by atoms with Gasteiger partial charge in [-0.3, -0.25) is 14.4 Å². The zero-order chi connectivity index (χ0) is 7.98. The van der Waals surface area contributed by atoms with Crippen molar-refractivity contribution >= 4 is 11.7 Å². The Morgan fingerprint density at radius 3 is 2.50 bits per heavy atom. The highest BCUT2D eigenvalue weighted by Gasteiger charge is 2.02. The van der Waals surface area contributed by atoms with Crippen molar-refractivity contribution in [2.24, 2.45) is 0 Å². The number of Topliss-reactive ketones (excluding diaryl/α,β-unsaturated/α-hetero) is 1. The van der Waals surface area contributed by atoms with Crippen molar-refractivity contribution in [3.63, 3.8) is 0 Å². The number of hydrogen-bond donors (Lipinski definition) is 1. The molecule has 4 heteroatoms. The first kappa shape index (κ1) is 9.10. The fraction of sp³-hybridized carbons (Fsp3) is 0.667. The van der Waals surface area contributed by atoms with Gasteiger partial charge in [0.2, 0.25) is 0 Å². The van der Waals surface area contributed by atoms with Gasteiger partial charge in [0.15, 0.2) is 0 Å². The Labute approximate surface area is 59.5 Å². The average Bonchev–Trinajstić information content (AvgIpc) is 1.82. The highest BCUT2D eigenvalue weighted by Crippen LogP contribution is 1.80. The molecule has 0 aliphatic heterocycles. The summed E-state index contributed by atoms with van der Waals surface area (Å²) in [6.45, 7) is 3.50. The third-order valence-corrected chi connectivity index (χ3v) is 0.740. The first-order chi connectivity index (χ1) is 4.66. The van der Waals surface area contributed by atoms with Gasteiger partial charge in [0.25, 0.3) is 5.91 Å². The van der Waals surface area contributed by atoms with Crippen LogP contribution < -0.4 is 5.48 Å². The van der Waals surface area contributed by atoms with Gasteiger partial charge < -0.3 is 0 Å². The number of nitrogens with one attached hydrogen (secondary N) is 1. The quantitative estimate of drug-likeness (QED) is 0.448. The molecule has 0 heterocycles. The van der Waals surface area contributed by atoms with Crippen LogP contribution in [-0.4, -0.2) is 18.3 Å². The topological polar surface area (TPSA) is 55.4 Å². The maximum atomic E-state index is 10.6. The summed E-state index contributed by atoms with van der Waals surface area (Å²) < 4.78 is 0. The molecule has 0 bridgehead atoms. The van der Waals surface area contributed by atoms with E-state index in [9.17, 15) is 9.59 Å². The van der Waals surface area contributed by atoms with Crippen LogP contribution in [-0.2, 0) is 14.4 Å². The summed E-state index contributed by atoms with van der Waals surface area (Å²) in [5.41, 5.74) is 2.10. The van der Waals surface area contributed by atoms with Gasteiger partial charge in [-0.05, 0) is 13.8 Å². The van der Waals surface area contributed by atoms with Crippen molar-refractivity contribution in [3.05, 3.63) is 0 Å². The smallest absolute Gasteiger partial charge is 0.250 e. The van der Waals surface area contributed by atoms with Gasteiger partial charge in [-0.2, -0.15) is 0 Å². The molecule has 58 valence electrons. The number of amides is 1. The van der Waals surface area contributed by atoms with E-state index in [1.54, 1.807) is 6.92 Å². The van der Waals surface area contributed by atoms with E-state index >= 15 is 0 Å². The number of ketones is 1. The van der Waals surface area contributed by atoms with Crippen molar-refractivity contribution in [2.75, 3.05) is 6.61 Å². The summed E-state index contributed by atoms with van der Waals surface area (Å²) in [4.78, 5) is 25.4. The Hall–Kier alpha value is -0.900. The van der Waals surface area contributed by atoms with Crippen LogP contribution in [0.3, 0.4) is 0 Å². The molecule has 0 aromatic rings. The van der Waals surface area contributed by atoms with Gasteiger partial charge in [-0.1, -0.05) is 0 Å². The molecule has 1 N–H and O–H groups in total. The third-order valence-electron chi connectivity index (χ3n) is 0.740. The Morgan fingerprint density at radius 2 is 2.10 bits per heavy atom. The maximum absolute atomic E-state index is 10.6. The van der Waals surface area contributed by atoms with Crippen LogP contribution in [0.1, 0.15) is 20.3 Å². The first-order valence-electron chi connectivity index (χ1n) is 3.07. The number of rotatable bonds is 4. The minimum atomic E-state index is -0.394. The zero-order valence-corrected chi connectivity index (χ0v) is 6.14. The van der Waals surface area contributed by atoms with E-state index in [1.165, 1.54) is 6.92 Å². The number of carbonyl (C=O) groups excluding carboxylic acids is 2. The molecule has 0 fully saturated rings. The summed E-state index contributed by atoms with van der Waals surface area (Å²) in [5, 5.41) is 0. The summed E-state index contributed by atoms with van der Waals surface area (Å²) in [7, 11) is 0. The average molecular weight is 145 g/mol. The van der Waals surface area contributed by atoms with E-state index in [4.69, 9.17) is 0 Å². The Morgan fingerprint density at radius 1 is 1.50 bits per heavy atom. The molecule has 1 amide bonds. The molecule has 0 aliphatic rings. The van der Waals surface area contributed by atoms with E-state index < -0.39 is 5.91 Å². The molecule has 10 heavy (non-hydrogen) atoms. The summed E-state index contributed by atoms with van der Waals surface area (Å²) in [6.07, 6.45) is -0.111. The number of hydrogen-bond acceptors (Lipinski definition) is 3. The Kier molecular flexibility index (Phi) is 4.49. The van der Waals surface area contributed by atoms with Crippen molar-refractivity contribution in [1.29, 1.82) is 0 Å². The first-order valence-corrected chi connectivity index (χ1v) is 3.07. The maximum Gasteiger partial charge on any atom is 0.250 e. The number of carbonyl (C=O) groups is 2. The molecule has 0 unspecified atom stereocenters. The Bertz CT molecular complexity index is 133. The highest BCUT2D eigenvalue weighted by atomic mass is 16.6. The molecule has 0 aliphatic carbocycles. The molecule has 0 spiro atoms. The van der Waals surface area contributed by atoms with E-state index in [-0.39, 0.29) is 12.2 Å². The summed E-state index contributed by atoms with van der Waals surface area (Å²) in [5.74, 6) is -0.563. The zero-order valence-electron chi connectivity index (χ0n) is 6.14. The molecule has 0 aromatic carbocycles. The molecule has 0 aromatic heterocycles. The molecule has 0 atom stereocenters. The van der Waals surface area contributed by atoms with E-state index in [0.29, 0.717) is 6.61 Å². The largest absolute Gasteiger partial charge is 0.299 e. The highest BCUT2D eigenvalue weighted by molar-refractivity contribution is 5.96. The predicted octanol–water partition coefficient (Wildman–Crippen LogP) is 0.0332. The fourth-order valence-electron chi connectivity index (χ4n) is 0.415. The van der Waals surface area contributed by atoms with Gasteiger partial charge in [-0.25, -0.2) is 5.48 Å². The number of hydroxylamine groups is 1. The molecule has 0 rings (SSSR count). The molecule has 0 saturated heterocycles. The van der Waals surface area contributed by atoms with Crippen LogP contribution in [0.25, 0.3) is 0 Å². The minimum absolute atomic E-state index is 0.111. The van der Waals surface area contributed by atoms with Crippen molar-refractivity contribution < 1.29 is 14.4 Å². The lowest BCUT2D eigenvalue weighted by Crippen LogP contribution is -2.25. The monoisotopic (exact) mass is 145 g/mol. The van der Waals surface area contributed by atoms with Crippen LogP contribution in [0.15, 0.2) is 0 Å². The second-order valence-electron chi connectivity index (χ2n) is 1.84. The second kappa shape index (κ2) is 4.93. The van der Waals surface area contributed by atoms with Crippen LogP contribution >= 0.6 is 0 Å². The standard InChI is InChI=1S/C6H11NO3/c1-3-10-7-6(9)4-5(2)8/h3-4H2,1-2H3,(H,7,9). The van der Waals surface area contributed by atoms with Gasteiger partial charge in [0.05, 0.1) is 13.0 Å². The summed E-state index contributed by atoms with van der Waals surface area (Å²) in [6, 6.07) is 0. The van der Waals surface area contributed by atoms with Gasteiger partial charge in [0, 0.05) is 0 Å². The predicted molar refractivity (Wildman–Crippen MR) is 35.1 cm³/mol. The lowest BCUT2D eigenvalue weighted by Gasteiger charge is -1.99. The molecular formula is C6H11NO3. The molecule has 0 radical (unpaired) electrons. The molecule has 4 nitrogen and oxygen atoms in total. The van der Waals surface area contributed by atoms with Crippen LogP contribution in [0.4, 0.5) is 0 Å². The van der Waals surface area contributed by atoms with Crippen molar-refractivity contribution in [1.82, 2.24) is 5.48 Å². The second-order valence-corrected chi connectivity index (χ2v) is 1.84. The minimum Gasteiger partial charge on any atom is -0.299 e. The molecular weight excluding hydrogens is 134 g/mol. The van der Waals surface area contributed by atoms with Crippen LogP contribution in [0, 0.1) is 0 Å². The van der Waals surface area contributed by atoms with Crippen LogP contribution in [0.2, 0.25) is 0 Å². The Balaban J connectivity index is 3.35. The molecule has 0 saturated carbocycles. The summed E-state index contributed by atoms with van der Waals surface area (Å²) >= 11 is 0. The third kappa shape index (κ3) is 5.24. The van der Waals surface area contributed by atoms with Crippen molar-refractivity contribution in [2.45, 2.75) is 20.3 Å². The van der Waals surface area contributed by atoms with E-state index in [0.717, 1.165) is 0 Å². The van der Waals surface area contributed by atoms with Gasteiger partial charge in [-0.15, -0.1) is 0 Å². The fourth-order valence-corrected chi connectivity index (χ4v) is 0.415. The van der Waals surface area contributed by atoms with E-state index in [1.807, 2.05) is 0 Å². The van der Waals surface area contributed by atoms with E-state index in [2.05, 4.69) is 10.3 Å². The lowest BCUT2D eigenvalue weighted by molar-refractivity contribution is -0.136. The van der Waals surface area contributed by atoms with Gasteiger partial charge >= 0.3 is 0 Å². The normalized spacial score (nSPS) is 9.00. The van der Waals surface area contributed by atoms with Crippen molar-refractivity contribution in [3.8, 4) is 0 Å². The lowest BCUT2D eigenvalue weighted by atomic mass is 10.3. The van der Waals surface area contributed by atoms with Gasteiger partial charge in [0.1, 0.15) is 5.78 Å².